The molecule has 0 bridgehead atoms. The second-order valence-electron chi connectivity index (χ2n) is 4.78. The summed E-state index contributed by atoms with van der Waals surface area (Å²) in [6.45, 7) is 5.54. The molecule has 5 nitrogen and oxygen atoms in total. The molecule has 2 rings (SSSR count). The summed E-state index contributed by atoms with van der Waals surface area (Å²) in [6, 6.07) is 3.97. The number of aromatic amines is 1. The molecular formula is C13H17FN4O. The molecule has 0 saturated heterocycles. The van der Waals surface area contributed by atoms with Crippen molar-refractivity contribution in [2.45, 2.75) is 32.9 Å². The van der Waals surface area contributed by atoms with Gasteiger partial charge in [-0.05, 0) is 39.0 Å². The number of nitrogens with zero attached hydrogens (tertiary/aromatic N) is 1. The molecule has 1 heterocycles. The maximum Gasteiger partial charge on any atom is 0.242 e. The first-order chi connectivity index (χ1) is 8.95. The van der Waals surface area contributed by atoms with Crippen LogP contribution in [0, 0.1) is 5.82 Å². The molecule has 19 heavy (non-hydrogen) atoms. The molecule has 0 aliphatic heterocycles. The lowest BCUT2D eigenvalue weighted by Crippen LogP contribution is -2.41. The largest absolute Gasteiger partial charge is 0.352 e. The van der Waals surface area contributed by atoms with Crippen molar-refractivity contribution in [3.63, 3.8) is 0 Å². The number of rotatable bonds is 4. The monoisotopic (exact) mass is 264 g/mol. The first-order valence-corrected chi connectivity index (χ1v) is 6.18. The summed E-state index contributed by atoms with van der Waals surface area (Å²) in [6.07, 6.45) is 0. The summed E-state index contributed by atoms with van der Waals surface area (Å²) < 4.78 is 13.0. The summed E-state index contributed by atoms with van der Waals surface area (Å²) in [4.78, 5) is 18.9. The molecule has 1 amide bonds. The van der Waals surface area contributed by atoms with E-state index in [1.807, 2.05) is 13.8 Å². The average Bonchev–Trinajstić information content (AvgIpc) is 2.69. The molecule has 6 heteroatoms. The topological polar surface area (TPSA) is 69.8 Å². The molecule has 3 N–H and O–H groups in total. The molecule has 1 unspecified atom stereocenters. The number of halogens is 1. The van der Waals surface area contributed by atoms with Crippen LogP contribution in [0.1, 0.15) is 20.8 Å². The van der Waals surface area contributed by atoms with Crippen LogP contribution in [-0.2, 0) is 4.79 Å². The third kappa shape index (κ3) is 3.21. The van der Waals surface area contributed by atoms with Crippen LogP contribution in [0.2, 0.25) is 0 Å². The quantitative estimate of drug-likeness (QED) is 0.791. The molecule has 0 radical (unpaired) electrons. The van der Waals surface area contributed by atoms with Gasteiger partial charge in [0.15, 0.2) is 0 Å². The number of aromatic nitrogens is 2. The maximum atomic E-state index is 13.0. The maximum absolute atomic E-state index is 13.0. The Morgan fingerprint density at radius 3 is 2.79 bits per heavy atom. The number of carbonyl (C=O) groups is 1. The lowest BCUT2D eigenvalue weighted by molar-refractivity contribution is -0.122. The van der Waals surface area contributed by atoms with E-state index in [-0.39, 0.29) is 17.8 Å². The molecule has 1 aromatic carbocycles. The van der Waals surface area contributed by atoms with Gasteiger partial charge >= 0.3 is 0 Å². The van der Waals surface area contributed by atoms with Crippen molar-refractivity contribution in [1.82, 2.24) is 15.3 Å². The first kappa shape index (κ1) is 13.3. The molecular weight excluding hydrogens is 247 g/mol. The summed E-state index contributed by atoms with van der Waals surface area (Å²) in [5.41, 5.74) is 1.25. The number of hydrogen-bond acceptors (Lipinski definition) is 3. The molecule has 2 aromatic rings. The zero-order valence-corrected chi connectivity index (χ0v) is 11.1. The van der Waals surface area contributed by atoms with Gasteiger partial charge in [0.2, 0.25) is 11.9 Å². The van der Waals surface area contributed by atoms with E-state index in [1.54, 1.807) is 13.0 Å². The number of carbonyl (C=O) groups excluding carboxylic acids is 1. The Kier molecular flexibility index (Phi) is 3.69. The fraction of sp³-hybridized carbons (Fsp3) is 0.385. The Hall–Kier alpha value is -2.11. The van der Waals surface area contributed by atoms with Crippen molar-refractivity contribution in [3.8, 4) is 0 Å². The van der Waals surface area contributed by atoms with Crippen LogP contribution < -0.4 is 10.6 Å². The summed E-state index contributed by atoms with van der Waals surface area (Å²) in [5, 5.41) is 5.76. The normalized spacial score (nSPS) is 12.7. The smallest absolute Gasteiger partial charge is 0.242 e. The van der Waals surface area contributed by atoms with Crippen molar-refractivity contribution < 1.29 is 9.18 Å². The van der Waals surface area contributed by atoms with Crippen LogP contribution in [0.4, 0.5) is 10.3 Å². The predicted molar refractivity (Wildman–Crippen MR) is 72.4 cm³/mol. The summed E-state index contributed by atoms with van der Waals surface area (Å²) in [7, 11) is 0. The van der Waals surface area contributed by atoms with Crippen LogP contribution in [0.15, 0.2) is 18.2 Å². The first-order valence-electron chi connectivity index (χ1n) is 6.18. The number of imidazole rings is 1. The number of nitrogens with one attached hydrogen (secondary N) is 3. The minimum atomic E-state index is -0.423. The molecule has 102 valence electrons. The van der Waals surface area contributed by atoms with Crippen LogP contribution in [0.25, 0.3) is 11.0 Å². The molecule has 0 aliphatic rings. The zero-order valence-electron chi connectivity index (χ0n) is 11.1. The Labute approximate surface area is 110 Å². The molecule has 1 atom stereocenters. The van der Waals surface area contributed by atoms with Gasteiger partial charge in [-0.25, -0.2) is 9.37 Å². The Morgan fingerprint density at radius 2 is 2.11 bits per heavy atom. The molecule has 0 saturated carbocycles. The minimum absolute atomic E-state index is 0.0847. The highest BCUT2D eigenvalue weighted by molar-refractivity contribution is 5.85. The van der Waals surface area contributed by atoms with Gasteiger partial charge in [-0.2, -0.15) is 0 Å². The van der Waals surface area contributed by atoms with Gasteiger partial charge in [0.1, 0.15) is 11.9 Å². The fourth-order valence-electron chi connectivity index (χ4n) is 1.73. The molecule has 0 fully saturated rings. The van der Waals surface area contributed by atoms with E-state index in [2.05, 4.69) is 20.6 Å². The van der Waals surface area contributed by atoms with Gasteiger partial charge < -0.3 is 15.6 Å². The van der Waals surface area contributed by atoms with Gasteiger partial charge in [-0.1, -0.05) is 0 Å². The van der Waals surface area contributed by atoms with E-state index < -0.39 is 6.04 Å². The van der Waals surface area contributed by atoms with Crippen LogP contribution >= 0.6 is 0 Å². The van der Waals surface area contributed by atoms with E-state index >= 15 is 0 Å². The van der Waals surface area contributed by atoms with E-state index in [4.69, 9.17) is 0 Å². The number of benzene rings is 1. The van der Waals surface area contributed by atoms with E-state index in [0.717, 1.165) is 0 Å². The zero-order chi connectivity index (χ0) is 14.0. The number of amides is 1. The Morgan fingerprint density at radius 1 is 1.37 bits per heavy atom. The van der Waals surface area contributed by atoms with Gasteiger partial charge in [0.05, 0.1) is 11.0 Å². The van der Waals surface area contributed by atoms with Crippen molar-refractivity contribution >= 4 is 22.9 Å². The van der Waals surface area contributed by atoms with Gasteiger partial charge in [0, 0.05) is 6.04 Å². The second-order valence-corrected chi connectivity index (χ2v) is 4.78. The van der Waals surface area contributed by atoms with Crippen molar-refractivity contribution in [2.24, 2.45) is 0 Å². The van der Waals surface area contributed by atoms with Crippen LogP contribution in [0.3, 0.4) is 0 Å². The predicted octanol–water partition coefficient (Wildman–Crippen LogP) is 2.03. The minimum Gasteiger partial charge on any atom is -0.352 e. The van der Waals surface area contributed by atoms with E-state index in [1.165, 1.54) is 12.1 Å². The molecule has 1 aromatic heterocycles. The third-order valence-electron chi connectivity index (χ3n) is 2.62. The highest BCUT2D eigenvalue weighted by Crippen LogP contribution is 2.15. The Bertz CT molecular complexity index is 593. The standard InChI is InChI=1S/C13H17FN4O/c1-7(2)15-12(19)8(3)16-13-17-10-5-4-9(14)6-11(10)18-13/h4-8H,1-3H3,(H,15,19)(H2,16,17,18). The van der Waals surface area contributed by atoms with Crippen LogP contribution in [0.5, 0.6) is 0 Å². The van der Waals surface area contributed by atoms with Crippen molar-refractivity contribution in [2.75, 3.05) is 5.32 Å². The summed E-state index contributed by atoms with van der Waals surface area (Å²) in [5.74, 6) is 0.0157. The molecule has 0 spiro atoms. The van der Waals surface area contributed by atoms with Gasteiger partial charge in [0.25, 0.3) is 0 Å². The van der Waals surface area contributed by atoms with E-state index in [9.17, 15) is 9.18 Å². The SMILES string of the molecule is CC(C)NC(=O)C(C)Nc1nc2ccc(F)cc2[nH]1. The van der Waals surface area contributed by atoms with E-state index in [0.29, 0.717) is 17.0 Å². The fourth-order valence-corrected chi connectivity index (χ4v) is 1.73. The van der Waals surface area contributed by atoms with Crippen LogP contribution in [-0.4, -0.2) is 28.0 Å². The highest BCUT2D eigenvalue weighted by atomic mass is 19.1. The average molecular weight is 264 g/mol. The summed E-state index contributed by atoms with van der Waals surface area (Å²) >= 11 is 0. The van der Waals surface area contributed by atoms with Gasteiger partial charge in [-0.3, -0.25) is 4.79 Å². The second kappa shape index (κ2) is 5.26. The highest BCUT2D eigenvalue weighted by Gasteiger charge is 2.15. The number of H-pyrrole nitrogens is 1. The third-order valence-corrected chi connectivity index (χ3v) is 2.62. The van der Waals surface area contributed by atoms with Crippen molar-refractivity contribution in [3.05, 3.63) is 24.0 Å². The van der Waals surface area contributed by atoms with Crippen molar-refractivity contribution in [1.29, 1.82) is 0 Å². The van der Waals surface area contributed by atoms with Gasteiger partial charge in [-0.15, -0.1) is 0 Å². The Balaban J connectivity index is 2.10. The lowest BCUT2D eigenvalue weighted by Gasteiger charge is -2.15. The number of anilines is 1. The molecule has 0 aliphatic carbocycles. The number of fused-ring (bicyclic) bond motifs is 1. The lowest BCUT2D eigenvalue weighted by atomic mass is 10.3. The number of hydrogen-bond donors (Lipinski definition) is 3.